The quantitative estimate of drug-likeness (QED) is 0.688. The summed E-state index contributed by atoms with van der Waals surface area (Å²) in [5, 5.41) is 7.19. The maximum absolute atomic E-state index is 11.7. The van der Waals surface area contributed by atoms with Crippen LogP contribution in [-0.4, -0.2) is 57.9 Å². The highest BCUT2D eigenvalue weighted by Crippen LogP contribution is 2.12. The standard InChI is InChI=1S/C7H13NO5S2/c1-6(7(9)10)15(12,13)8-2-4-14(11)5-3-8/h6H,2-5H2,1H3,(H,9,10). The Hall–Kier alpha value is -0.470. The normalized spacial score (nSPS) is 22.5. The predicted molar refractivity (Wildman–Crippen MR) is 55.5 cm³/mol. The monoisotopic (exact) mass is 255 g/mol. The zero-order valence-corrected chi connectivity index (χ0v) is 9.88. The molecule has 0 spiro atoms. The van der Waals surface area contributed by atoms with Crippen molar-refractivity contribution in [3.63, 3.8) is 0 Å². The van der Waals surface area contributed by atoms with Gasteiger partial charge in [0.15, 0.2) is 5.25 Å². The summed E-state index contributed by atoms with van der Waals surface area (Å²) in [6.45, 7) is 1.43. The molecule has 1 rings (SSSR count). The molecular formula is C7H13NO5S2. The van der Waals surface area contributed by atoms with Crippen LogP contribution in [0.2, 0.25) is 0 Å². The molecule has 1 heterocycles. The van der Waals surface area contributed by atoms with Gasteiger partial charge in [-0.05, 0) is 6.92 Å². The SMILES string of the molecule is CC(C(=O)O)S(=O)(=O)N1CCS(=O)CC1. The lowest BCUT2D eigenvalue weighted by Crippen LogP contribution is -2.47. The third kappa shape index (κ3) is 2.76. The highest BCUT2D eigenvalue weighted by Gasteiger charge is 2.35. The van der Waals surface area contributed by atoms with Crippen LogP contribution in [0.1, 0.15) is 6.92 Å². The smallest absolute Gasteiger partial charge is 0.323 e. The number of rotatable bonds is 3. The van der Waals surface area contributed by atoms with Gasteiger partial charge in [-0.15, -0.1) is 0 Å². The van der Waals surface area contributed by atoms with Gasteiger partial charge in [0.2, 0.25) is 10.0 Å². The summed E-state index contributed by atoms with van der Waals surface area (Å²) in [6.07, 6.45) is 0. The van der Waals surface area contributed by atoms with Gasteiger partial charge >= 0.3 is 5.97 Å². The molecule has 0 saturated carbocycles. The summed E-state index contributed by atoms with van der Waals surface area (Å²) in [4.78, 5) is 10.6. The first-order valence-electron chi connectivity index (χ1n) is 4.42. The Morgan fingerprint density at radius 3 is 2.27 bits per heavy atom. The van der Waals surface area contributed by atoms with Gasteiger partial charge in [-0.25, -0.2) is 8.42 Å². The Labute approximate surface area is 90.8 Å². The molecular weight excluding hydrogens is 242 g/mol. The minimum Gasteiger partial charge on any atom is -0.480 e. The van der Waals surface area contributed by atoms with Gasteiger partial charge in [0.1, 0.15) is 0 Å². The number of nitrogens with zero attached hydrogens (tertiary/aromatic N) is 1. The maximum Gasteiger partial charge on any atom is 0.323 e. The summed E-state index contributed by atoms with van der Waals surface area (Å²) < 4.78 is 35.5. The predicted octanol–water partition coefficient (Wildman–Crippen LogP) is -1.15. The first-order valence-corrected chi connectivity index (χ1v) is 7.41. The fourth-order valence-corrected chi connectivity index (χ4v) is 3.90. The Morgan fingerprint density at radius 2 is 1.87 bits per heavy atom. The van der Waals surface area contributed by atoms with E-state index >= 15 is 0 Å². The molecule has 0 aliphatic carbocycles. The van der Waals surface area contributed by atoms with Gasteiger partial charge in [0.05, 0.1) is 0 Å². The van der Waals surface area contributed by atoms with Crippen LogP contribution in [-0.2, 0) is 25.6 Å². The van der Waals surface area contributed by atoms with E-state index in [4.69, 9.17) is 5.11 Å². The number of carboxylic acid groups (broad SMARTS) is 1. The number of sulfonamides is 1. The van der Waals surface area contributed by atoms with Crippen molar-refractivity contribution in [3.8, 4) is 0 Å². The van der Waals surface area contributed by atoms with E-state index < -0.39 is 32.0 Å². The largest absolute Gasteiger partial charge is 0.480 e. The van der Waals surface area contributed by atoms with E-state index in [2.05, 4.69) is 0 Å². The molecule has 0 radical (unpaired) electrons. The zero-order valence-electron chi connectivity index (χ0n) is 8.25. The van der Waals surface area contributed by atoms with Crippen molar-refractivity contribution in [1.29, 1.82) is 0 Å². The van der Waals surface area contributed by atoms with Crippen molar-refractivity contribution in [2.24, 2.45) is 0 Å². The van der Waals surface area contributed by atoms with E-state index in [-0.39, 0.29) is 24.6 Å². The van der Waals surface area contributed by atoms with E-state index in [1.54, 1.807) is 0 Å². The summed E-state index contributed by atoms with van der Waals surface area (Å²) in [6, 6.07) is 0. The highest BCUT2D eigenvalue weighted by atomic mass is 32.2. The van der Waals surface area contributed by atoms with Crippen molar-refractivity contribution in [1.82, 2.24) is 4.31 Å². The molecule has 88 valence electrons. The molecule has 1 aliphatic rings. The Balaban J connectivity index is 2.79. The molecule has 0 aromatic carbocycles. The molecule has 1 aliphatic heterocycles. The van der Waals surface area contributed by atoms with E-state index in [9.17, 15) is 17.4 Å². The van der Waals surface area contributed by atoms with E-state index in [1.165, 1.54) is 0 Å². The molecule has 0 bridgehead atoms. The molecule has 1 unspecified atom stereocenters. The van der Waals surface area contributed by atoms with Gasteiger partial charge in [-0.1, -0.05) is 0 Å². The van der Waals surface area contributed by atoms with Gasteiger partial charge in [0.25, 0.3) is 0 Å². The second-order valence-electron chi connectivity index (χ2n) is 3.27. The van der Waals surface area contributed by atoms with Crippen LogP contribution in [0.25, 0.3) is 0 Å². The lowest BCUT2D eigenvalue weighted by molar-refractivity contribution is -0.136. The van der Waals surface area contributed by atoms with E-state index in [1.807, 2.05) is 0 Å². The minimum absolute atomic E-state index is 0.145. The molecule has 15 heavy (non-hydrogen) atoms. The molecule has 6 nitrogen and oxygen atoms in total. The second-order valence-corrected chi connectivity index (χ2v) is 7.22. The number of hydrogen-bond acceptors (Lipinski definition) is 4. The van der Waals surface area contributed by atoms with Crippen LogP contribution >= 0.6 is 0 Å². The first-order chi connectivity index (χ1) is 6.85. The molecule has 1 N–H and O–H groups in total. The lowest BCUT2D eigenvalue weighted by atomic mass is 10.5. The maximum atomic E-state index is 11.7. The van der Waals surface area contributed by atoms with Crippen molar-refractivity contribution >= 4 is 26.8 Å². The van der Waals surface area contributed by atoms with Gasteiger partial charge in [0, 0.05) is 35.4 Å². The van der Waals surface area contributed by atoms with Crippen LogP contribution in [0, 0.1) is 0 Å². The second kappa shape index (κ2) is 4.58. The molecule has 0 aromatic rings. The van der Waals surface area contributed by atoms with Gasteiger partial charge in [-0.3, -0.25) is 9.00 Å². The zero-order chi connectivity index (χ0) is 11.6. The van der Waals surface area contributed by atoms with Gasteiger partial charge in [-0.2, -0.15) is 4.31 Å². The van der Waals surface area contributed by atoms with Crippen LogP contribution in [0.15, 0.2) is 0 Å². The number of hydrogen-bond donors (Lipinski definition) is 1. The van der Waals surface area contributed by atoms with Crippen molar-refractivity contribution in [3.05, 3.63) is 0 Å². The van der Waals surface area contributed by atoms with Crippen molar-refractivity contribution < 1.29 is 22.5 Å². The molecule has 0 amide bonds. The molecule has 8 heteroatoms. The van der Waals surface area contributed by atoms with E-state index in [0.29, 0.717) is 0 Å². The summed E-state index contributed by atoms with van der Waals surface area (Å²) in [5.41, 5.74) is 0. The highest BCUT2D eigenvalue weighted by molar-refractivity contribution is 7.90. The minimum atomic E-state index is -3.79. The van der Waals surface area contributed by atoms with Gasteiger partial charge < -0.3 is 5.11 Å². The van der Waals surface area contributed by atoms with Crippen LogP contribution in [0.5, 0.6) is 0 Å². The number of carboxylic acids is 1. The van der Waals surface area contributed by atoms with Crippen LogP contribution < -0.4 is 0 Å². The summed E-state index contributed by atoms with van der Waals surface area (Å²) in [5.74, 6) is -0.793. The first kappa shape index (κ1) is 12.6. The summed E-state index contributed by atoms with van der Waals surface area (Å²) >= 11 is 0. The Bertz CT molecular complexity index is 367. The van der Waals surface area contributed by atoms with Crippen LogP contribution in [0.4, 0.5) is 0 Å². The average molecular weight is 255 g/mol. The van der Waals surface area contributed by atoms with Crippen molar-refractivity contribution in [2.75, 3.05) is 24.6 Å². The third-order valence-corrected chi connectivity index (χ3v) is 5.75. The fourth-order valence-electron chi connectivity index (χ4n) is 1.23. The molecule has 1 saturated heterocycles. The van der Waals surface area contributed by atoms with Crippen LogP contribution in [0.3, 0.4) is 0 Å². The topological polar surface area (TPSA) is 91.8 Å². The number of aliphatic carboxylic acids is 1. The Morgan fingerprint density at radius 1 is 1.40 bits per heavy atom. The molecule has 1 atom stereocenters. The average Bonchev–Trinajstić information content (AvgIpc) is 2.17. The van der Waals surface area contributed by atoms with Crippen molar-refractivity contribution in [2.45, 2.75) is 12.2 Å². The Kier molecular flexibility index (Phi) is 3.85. The fraction of sp³-hybridized carbons (Fsp3) is 0.857. The molecule has 0 aromatic heterocycles. The van der Waals surface area contributed by atoms with E-state index in [0.717, 1.165) is 11.2 Å². The summed E-state index contributed by atoms with van der Waals surface area (Å²) in [7, 11) is -4.76. The number of carbonyl (C=O) groups is 1. The third-order valence-electron chi connectivity index (χ3n) is 2.29. The molecule has 1 fully saturated rings. The lowest BCUT2D eigenvalue weighted by Gasteiger charge is -2.27.